The molecule has 2 aromatic rings. The number of carbonyl (C=O) groups is 2. The van der Waals surface area contributed by atoms with Crippen LogP contribution in [0.1, 0.15) is 38.3 Å². The number of nitrogens with zero attached hydrogens (tertiary/aromatic N) is 1. The van der Waals surface area contributed by atoms with Crippen LogP contribution in [0.5, 0.6) is 11.5 Å². The van der Waals surface area contributed by atoms with Gasteiger partial charge in [0.25, 0.3) is 0 Å². The van der Waals surface area contributed by atoms with Gasteiger partial charge in [-0.25, -0.2) is 0 Å². The average molecular weight is 447 g/mol. The second kappa shape index (κ2) is 11.6. The Labute approximate surface area is 189 Å². The van der Waals surface area contributed by atoms with Crippen LogP contribution in [0.2, 0.25) is 5.02 Å². The van der Waals surface area contributed by atoms with Crippen molar-refractivity contribution in [2.24, 2.45) is 0 Å². The first-order chi connectivity index (χ1) is 14.8. The van der Waals surface area contributed by atoms with Gasteiger partial charge in [-0.3, -0.25) is 9.59 Å². The Hall–Kier alpha value is -2.73. The zero-order valence-corrected chi connectivity index (χ0v) is 19.5. The minimum absolute atomic E-state index is 0.0148. The summed E-state index contributed by atoms with van der Waals surface area (Å²) in [5.41, 5.74) is 1.75. The Kier molecular flexibility index (Phi) is 9.19. The predicted octanol–water partition coefficient (Wildman–Crippen LogP) is 4.23. The molecular weight excluding hydrogens is 416 g/mol. The fraction of sp³-hybridized carbons (Fsp3) is 0.417. The quantitative estimate of drug-likeness (QED) is 0.593. The van der Waals surface area contributed by atoms with Gasteiger partial charge in [-0.1, -0.05) is 35.9 Å². The van der Waals surface area contributed by atoms with Crippen molar-refractivity contribution in [2.45, 2.75) is 52.2 Å². The third-order valence-corrected chi connectivity index (χ3v) is 5.34. The summed E-state index contributed by atoms with van der Waals surface area (Å²) in [5, 5.41) is 3.45. The van der Waals surface area contributed by atoms with Crippen LogP contribution in [0.15, 0.2) is 42.5 Å². The van der Waals surface area contributed by atoms with E-state index < -0.39 is 6.04 Å². The number of benzene rings is 2. The van der Waals surface area contributed by atoms with Crippen molar-refractivity contribution in [1.82, 2.24) is 10.2 Å². The number of methoxy groups -OCH3 is 2. The van der Waals surface area contributed by atoms with Crippen LogP contribution >= 0.6 is 11.6 Å². The molecule has 0 aliphatic rings. The minimum Gasteiger partial charge on any atom is -0.493 e. The van der Waals surface area contributed by atoms with Gasteiger partial charge in [-0.15, -0.1) is 0 Å². The zero-order chi connectivity index (χ0) is 23.0. The molecule has 0 heterocycles. The van der Waals surface area contributed by atoms with E-state index in [0.29, 0.717) is 22.9 Å². The van der Waals surface area contributed by atoms with Crippen LogP contribution in [-0.2, 0) is 22.6 Å². The molecule has 0 radical (unpaired) electrons. The van der Waals surface area contributed by atoms with E-state index in [4.69, 9.17) is 21.1 Å². The van der Waals surface area contributed by atoms with Gasteiger partial charge < -0.3 is 19.7 Å². The lowest BCUT2D eigenvalue weighted by Crippen LogP contribution is -2.49. The van der Waals surface area contributed by atoms with Gasteiger partial charge in [0.2, 0.25) is 11.8 Å². The van der Waals surface area contributed by atoms with Gasteiger partial charge in [0.1, 0.15) is 6.04 Å². The topological polar surface area (TPSA) is 67.9 Å². The van der Waals surface area contributed by atoms with Gasteiger partial charge in [0.05, 0.1) is 14.2 Å². The highest BCUT2D eigenvalue weighted by Gasteiger charge is 2.26. The summed E-state index contributed by atoms with van der Waals surface area (Å²) in [6.45, 7) is 5.78. The molecule has 2 amide bonds. The van der Waals surface area contributed by atoms with E-state index >= 15 is 0 Å². The van der Waals surface area contributed by atoms with E-state index in [9.17, 15) is 9.59 Å². The fourth-order valence-corrected chi connectivity index (χ4v) is 3.42. The number of hydrogen-bond acceptors (Lipinski definition) is 4. The summed E-state index contributed by atoms with van der Waals surface area (Å²) >= 11 is 6.31. The molecule has 0 unspecified atom stereocenters. The molecule has 2 aromatic carbocycles. The molecule has 0 fully saturated rings. The van der Waals surface area contributed by atoms with Crippen molar-refractivity contribution in [3.8, 4) is 11.5 Å². The number of halogens is 1. The van der Waals surface area contributed by atoms with Gasteiger partial charge in [0, 0.05) is 24.0 Å². The molecule has 2 rings (SSSR count). The molecule has 168 valence electrons. The minimum atomic E-state index is -0.628. The molecule has 0 saturated carbocycles. The first kappa shape index (κ1) is 24.5. The average Bonchev–Trinajstić information content (AvgIpc) is 2.75. The molecule has 1 N–H and O–H groups in total. The van der Waals surface area contributed by atoms with Gasteiger partial charge >= 0.3 is 0 Å². The first-order valence-electron chi connectivity index (χ1n) is 10.3. The number of amides is 2. The smallest absolute Gasteiger partial charge is 0.242 e. The summed E-state index contributed by atoms with van der Waals surface area (Å²) in [7, 11) is 3.16. The van der Waals surface area contributed by atoms with Crippen molar-refractivity contribution in [1.29, 1.82) is 0 Å². The molecule has 31 heavy (non-hydrogen) atoms. The van der Waals surface area contributed by atoms with Crippen LogP contribution in [-0.4, -0.2) is 43.0 Å². The zero-order valence-electron chi connectivity index (χ0n) is 18.8. The Morgan fingerprint density at radius 3 is 2.32 bits per heavy atom. The number of nitrogens with one attached hydrogen (secondary N) is 1. The molecule has 0 saturated heterocycles. The standard InChI is InChI=1S/C24H31ClN2O4/c1-16(2)26-24(29)17(3)27(15-19-8-6-7-9-20(19)25)23(28)13-11-18-10-12-21(30-4)22(14-18)31-5/h6-10,12,14,16-17H,11,13,15H2,1-5H3,(H,26,29)/t17-/m1/s1. The number of ether oxygens (including phenoxy) is 2. The Morgan fingerprint density at radius 2 is 1.71 bits per heavy atom. The van der Waals surface area contributed by atoms with Crippen molar-refractivity contribution in [2.75, 3.05) is 14.2 Å². The van der Waals surface area contributed by atoms with Crippen LogP contribution in [0.4, 0.5) is 0 Å². The number of carbonyl (C=O) groups excluding carboxylic acids is 2. The normalized spacial score (nSPS) is 11.7. The summed E-state index contributed by atoms with van der Waals surface area (Å²) < 4.78 is 10.6. The van der Waals surface area contributed by atoms with Gasteiger partial charge in [-0.05, 0) is 56.5 Å². The van der Waals surface area contributed by atoms with E-state index in [1.807, 2.05) is 50.2 Å². The Bertz CT molecular complexity index is 901. The van der Waals surface area contributed by atoms with E-state index in [0.717, 1.165) is 11.1 Å². The van der Waals surface area contributed by atoms with Crippen LogP contribution < -0.4 is 14.8 Å². The van der Waals surface area contributed by atoms with Gasteiger partial charge in [-0.2, -0.15) is 0 Å². The lowest BCUT2D eigenvalue weighted by Gasteiger charge is -2.29. The fourth-order valence-electron chi connectivity index (χ4n) is 3.23. The van der Waals surface area contributed by atoms with Crippen molar-refractivity contribution in [3.63, 3.8) is 0 Å². The number of aryl methyl sites for hydroxylation is 1. The van der Waals surface area contributed by atoms with Gasteiger partial charge in [0.15, 0.2) is 11.5 Å². The Balaban J connectivity index is 2.19. The molecule has 1 atom stereocenters. The third kappa shape index (κ3) is 6.89. The van der Waals surface area contributed by atoms with E-state index in [1.165, 1.54) is 0 Å². The molecule has 6 nitrogen and oxygen atoms in total. The third-order valence-electron chi connectivity index (χ3n) is 4.97. The number of rotatable bonds is 10. The lowest BCUT2D eigenvalue weighted by atomic mass is 10.1. The highest BCUT2D eigenvalue weighted by molar-refractivity contribution is 6.31. The maximum Gasteiger partial charge on any atom is 0.242 e. The SMILES string of the molecule is COc1ccc(CCC(=O)N(Cc2ccccc2Cl)[C@H](C)C(=O)NC(C)C)cc1OC. The molecule has 0 bridgehead atoms. The second-order valence-corrected chi connectivity index (χ2v) is 8.05. The van der Waals surface area contributed by atoms with Crippen LogP contribution in [0.25, 0.3) is 0 Å². The summed E-state index contributed by atoms with van der Waals surface area (Å²) in [6.07, 6.45) is 0.760. The van der Waals surface area contributed by atoms with E-state index in [-0.39, 0.29) is 30.8 Å². The largest absolute Gasteiger partial charge is 0.493 e. The van der Waals surface area contributed by atoms with E-state index in [2.05, 4.69) is 5.32 Å². The monoisotopic (exact) mass is 446 g/mol. The highest BCUT2D eigenvalue weighted by atomic mass is 35.5. The van der Waals surface area contributed by atoms with E-state index in [1.54, 1.807) is 32.1 Å². The summed E-state index contributed by atoms with van der Waals surface area (Å²) in [6, 6.07) is 12.3. The molecule has 0 aromatic heterocycles. The molecule has 7 heteroatoms. The summed E-state index contributed by atoms with van der Waals surface area (Å²) in [5.74, 6) is 0.935. The molecular formula is C24H31ClN2O4. The second-order valence-electron chi connectivity index (χ2n) is 7.64. The Morgan fingerprint density at radius 1 is 1.03 bits per heavy atom. The van der Waals surface area contributed by atoms with Crippen molar-refractivity contribution < 1.29 is 19.1 Å². The number of hydrogen-bond donors (Lipinski definition) is 1. The summed E-state index contributed by atoms with van der Waals surface area (Å²) in [4.78, 5) is 27.4. The predicted molar refractivity (Wildman–Crippen MR) is 123 cm³/mol. The van der Waals surface area contributed by atoms with Crippen LogP contribution in [0.3, 0.4) is 0 Å². The molecule has 0 spiro atoms. The van der Waals surface area contributed by atoms with Crippen molar-refractivity contribution >= 4 is 23.4 Å². The lowest BCUT2D eigenvalue weighted by molar-refractivity contribution is -0.140. The van der Waals surface area contributed by atoms with Crippen molar-refractivity contribution in [3.05, 3.63) is 58.6 Å². The molecule has 0 aliphatic carbocycles. The molecule has 0 aliphatic heterocycles. The highest BCUT2D eigenvalue weighted by Crippen LogP contribution is 2.28. The maximum atomic E-state index is 13.2. The first-order valence-corrected chi connectivity index (χ1v) is 10.7. The maximum absolute atomic E-state index is 13.2. The van der Waals surface area contributed by atoms with Crippen LogP contribution in [0, 0.1) is 0 Å².